The van der Waals surface area contributed by atoms with Gasteiger partial charge >= 0.3 is 0 Å². The van der Waals surface area contributed by atoms with Crippen LogP contribution in [0.2, 0.25) is 0 Å². The van der Waals surface area contributed by atoms with Crippen molar-refractivity contribution in [3.8, 4) is 17.1 Å². The number of aromatic nitrogens is 6. The van der Waals surface area contributed by atoms with E-state index in [-0.39, 0.29) is 34.7 Å². The molecule has 0 radical (unpaired) electrons. The van der Waals surface area contributed by atoms with Crippen LogP contribution in [0.4, 0.5) is 4.39 Å². The van der Waals surface area contributed by atoms with E-state index >= 15 is 0 Å². The molecule has 0 spiro atoms. The Morgan fingerprint density at radius 1 is 1.20 bits per heavy atom. The minimum absolute atomic E-state index is 0.0138. The van der Waals surface area contributed by atoms with Gasteiger partial charge in [-0.05, 0) is 56.3 Å². The monoisotopic (exact) mass is 581 g/mol. The van der Waals surface area contributed by atoms with Crippen molar-refractivity contribution in [2.75, 3.05) is 26.1 Å². The van der Waals surface area contributed by atoms with Crippen molar-refractivity contribution in [3.05, 3.63) is 59.8 Å². The van der Waals surface area contributed by atoms with Gasteiger partial charge in [0.15, 0.2) is 9.84 Å². The van der Waals surface area contributed by atoms with E-state index in [0.29, 0.717) is 53.6 Å². The molecule has 0 N–H and O–H groups in total. The molecule has 6 rings (SSSR count). The summed E-state index contributed by atoms with van der Waals surface area (Å²) in [5, 5.41) is 8.29. The summed E-state index contributed by atoms with van der Waals surface area (Å²) >= 11 is 0. The third-order valence-electron chi connectivity index (χ3n) is 7.57. The van der Waals surface area contributed by atoms with Gasteiger partial charge in [-0.15, -0.1) is 5.10 Å². The number of hydrogen-bond acceptors (Lipinski definition) is 8. The van der Waals surface area contributed by atoms with Crippen LogP contribution >= 0.6 is 0 Å². The van der Waals surface area contributed by atoms with Gasteiger partial charge < -0.3 is 14.0 Å². The lowest BCUT2D eigenvalue weighted by Crippen LogP contribution is -2.27. The Morgan fingerprint density at radius 2 is 1.95 bits per heavy atom. The van der Waals surface area contributed by atoms with Crippen LogP contribution in [0, 0.1) is 18.6 Å². The summed E-state index contributed by atoms with van der Waals surface area (Å²) in [4.78, 5) is 9.16. The molecule has 1 saturated heterocycles. The van der Waals surface area contributed by atoms with Gasteiger partial charge in [-0.2, -0.15) is 0 Å². The summed E-state index contributed by atoms with van der Waals surface area (Å²) in [5.41, 5.74) is 2.57. The fourth-order valence-corrected chi connectivity index (χ4v) is 6.61. The topological polar surface area (TPSA) is 114 Å². The molecule has 41 heavy (non-hydrogen) atoms. The highest BCUT2D eigenvalue weighted by Crippen LogP contribution is 2.45. The summed E-state index contributed by atoms with van der Waals surface area (Å²) in [5.74, 6) is -0.204. The van der Waals surface area contributed by atoms with E-state index in [1.807, 2.05) is 4.57 Å². The SMILES string of the molecule is [2H]C([2H])([2H])c1nnn(C)c1-c1cnc2c3c(OCC)ncc(S(C)(=O)=O)c3n([C@H](c3ccc(F)cc3)C3CCOCC3)c2c1. The summed E-state index contributed by atoms with van der Waals surface area (Å²) in [6.07, 6.45) is 5.27. The van der Waals surface area contributed by atoms with E-state index in [9.17, 15) is 12.8 Å². The Balaban J connectivity index is 1.78. The molecule has 1 aliphatic rings. The molecule has 1 atom stereocenters. The molecule has 5 heterocycles. The van der Waals surface area contributed by atoms with Crippen molar-refractivity contribution in [2.24, 2.45) is 13.0 Å². The minimum atomic E-state index is -3.82. The average molecular weight is 582 g/mol. The smallest absolute Gasteiger partial charge is 0.225 e. The normalized spacial score (nSPS) is 16.9. The number of sulfone groups is 1. The lowest BCUT2D eigenvalue weighted by atomic mass is 9.86. The van der Waals surface area contributed by atoms with E-state index in [2.05, 4.69) is 15.3 Å². The molecular weight excluding hydrogens is 547 g/mol. The van der Waals surface area contributed by atoms with E-state index in [1.54, 1.807) is 32.2 Å². The lowest BCUT2D eigenvalue weighted by Gasteiger charge is -2.33. The second-order valence-electron chi connectivity index (χ2n) is 10.2. The van der Waals surface area contributed by atoms with E-state index < -0.39 is 28.5 Å². The molecule has 10 nitrogen and oxygen atoms in total. The van der Waals surface area contributed by atoms with Crippen molar-refractivity contribution in [3.63, 3.8) is 0 Å². The molecule has 5 aromatic rings. The summed E-state index contributed by atoms with van der Waals surface area (Å²) in [6.45, 7) is 0.555. The highest BCUT2D eigenvalue weighted by Gasteiger charge is 2.34. The van der Waals surface area contributed by atoms with Crippen LogP contribution in [-0.2, 0) is 21.6 Å². The van der Waals surface area contributed by atoms with Crippen LogP contribution in [-0.4, -0.2) is 64.0 Å². The van der Waals surface area contributed by atoms with Gasteiger partial charge in [0.25, 0.3) is 0 Å². The zero-order valence-corrected chi connectivity index (χ0v) is 23.7. The van der Waals surface area contributed by atoms with Crippen LogP contribution in [0.25, 0.3) is 33.2 Å². The largest absolute Gasteiger partial charge is 0.477 e. The Bertz CT molecular complexity index is 1970. The molecule has 214 valence electrons. The minimum Gasteiger partial charge on any atom is -0.477 e. The number of ether oxygens (including phenoxy) is 2. The van der Waals surface area contributed by atoms with Gasteiger partial charge in [-0.1, -0.05) is 17.3 Å². The van der Waals surface area contributed by atoms with Gasteiger partial charge in [-0.3, -0.25) is 4.98 Å². The first-order valence-electron chi connectivity index (χ1n) is 14.8. The number of fused-ring (bicyclic) bond motifs is 3. The maximum absolute atomic E-state index is 14.2. The first-order valence-corrected chi connectivity index (χ1v) is 15.2. The Hall–Kier alpha value is -3.90. The predicted molar refractivity (Wildman–Crippen MR) is 152 cm³/mol. The summed E-state index contributed by atoms with van der Waals surface area (Å²) in [7, 11) is -2.22. The zero-order valence-electron chi connectivity index (χ0n) is 25.8. The van der Waals surface area contributed by atoms with Crippen LogP contribution in [0.3, 0.4) is 0 Å². The zero-order chi connectivity index (χ0) is 31.4. The molecule has 1 aromatic carbocycles. The quantitative estimate of drug-likeness (QED) is 0.273. The van der Waals surface area contributed by atoms with Crippen molar-refractivity contribution in [1.82, 2.24) is 29.5 Å². The highest BCUT2D eigenvalue weighted by molar-refractivity contribution is 7.91. The molecule has 0 saturated carbocycles. The summed E-state index contributed by atoms with van der Waals surface area (Å²) in [6, 6.07) is 7.47. The fourth-order valence-electron chi connectivity index (χ4n) is 5.81. The number of benzene rings is 1. The van der Waals surface area contributed by atoms with Crippen molar-refractivity contribution >= 4 is 31.8 Å². The third-order valence-corrected chi connectivity index (χ3v) is 8.67. The van der Waals surface area contributed by atoms with E-state index in [4.69, 9.17) is 18.6 Å². The molecule has 12 heteroatoms. The molecule has 0 unspecified atom stereocenters. The van der Waals surface area contributed by atoms with Gasteiger partial charge in [0.1, 0.15) is 16.2 Å². The number of aryl methyl sites for hydroxylation is 2. The number of pyridine rings is 2. The molecule has 0 amide bonds. The van der Waals surface area contributed by atoms with Crippen LogP contribution < -0.4 is 4.74 Å². The standard InChI is InChI=1S/C29H31FN6O4S/c1-5-40-29-24-25-22(14-20(15-31-25)26-17(2)33-34-35(26)3)36(28(24)23(16-32-29)41(4,37)38)27(19-10-12-39-13-11-19)18-6-8-21(30)9-7-18/h6-9,14-16,19,27H,5,10-13H2,1-4H3/t27-/m1/s1/i2D3. The fraction of sp³-hybridized carbons (Fsp3) is 0.379. The first kappa shape index (κ1) is 23.8. The van der Waals surface area contributed by atoms with Crippen LogP contribution in [0.15, 0.2) is 47.6 Å². The van der Waals surface area contributed by atoms with Crippen LogP contribution in [0.5, 0.6) is 5.88 Å². The van der Waals surface area contributed by atoms with E-state index in [1.165, 1.54) is 29.2 Å². The van der Waals surface area contributed by atoms with Gasteiger partial charge in [-0.25, -0.2) is 22.5 Å². The predicted octanol–water partition coefficient (Wildman–Crippen LogP) is 4.65. The molecule has 1 aliphatic heterocycles. The van der Waals surface area contributed by atoms with Gasteiger partial charge in [0.05, 0.1) is 46.7 Å². The first-order chi connectivity index (χ1) is 20.9. The highest BCUT2D eigenvalue weighted by atomic mass is 32.2. The van der Waals surface area contributed by atoms with E-state index in [0.717, 1.165) is 11.8 Å². The molecule has 1 fully saturated rings. The van der Waals surface area contributed by atoms with Crippen molar-refractivity contribution in [2.45, 2.75) is 37.6 Å². The Morgan fingerprint density at radius 3 is 2.63 bits per heavy atom. The second-order valence-corrected chi connectivity index (χ2v) is 12.2. The Labute approximate surface area is 241 Å². The van der Waals surface area contributed by atoms with Crippen molar-refractivity contribution < 1.29 is 26.4 Å². The summed E-state index contributed by atoms with van der Waals surface area (Å²) < 4.78 is 79.8. The van der Waals surface area contributed by atoms with Gasteiger partial charge in [0, 0.05) is 42.4 Å². The maximum atomic E-state index is 14.2. The van der Waals surface area contributed by atoms with Crippen molar-refractivity contribution in [1.29, 1.82) is 0 Å². The lowest BCUT2D eigenvalue weighted by molar-refractivity contribution is 0.0552. The number of halogens is 1. The average Bonchev–Trinajstić information content (AvgIpc) is 3.53. The molecule has 0 aliphatic carbocycles. The number of nitrogens with zero attached hydrogens (tertiary/aromatic N) is 6. The molecular formula is C29H31FN6O4S. The van der Waals surface area contributed by atoms with Gasteiger partial charge in [0.2, 0.25) is 5.88 Å². The maximum Gasteiger partial charge on any atom is 0.225 e. The number of rotatable bonds is 7. The second kappa shape index (κ2) is 10.5. The van der Waals surface area contributed by atoms with Crippen LogP contribution in [0.1, 0.15) is 41.2 Å². The third kappa shape index (κ3) is 4.74. The Kier molecular flexibility index (Phi) is 6.08. The molecule has 4 aromatic heterocycles. The number of hydrogen-bond donors (Lipinski definition) is 0. The molecule has 0 bridgehead atoms.